The number of benzene rings is 2. The molecule has 0 heterocycles. The van der Waals surface area contributed by atoms with Gasteiger partial charge in [0.2, 0.25) is 0 Å². The van der Waals surface area contributed by atoms with Crippen molar-refractivity contribution in [1.29, 1.82) is 0 Å². The fraction of sp³-hybridized carbons (Fsp3) is 0.429. The third kappa shape index (κ3) is 7.81. The molecular formula is C21H28O5S. The lowest BCUT2D eigenvalue weighted by Gasteiger charge is -2.14. The summed E-state index contributed by atoms with van der Waals surface area (Å²) in [5.41, 5.74) is 2.12. The van der Waals surface area contributed by atoms with Gasteiger partial charge in [0, 0.05) is 19.1 Å². The minimum Gasteiger partial charge on any atom is -0.396 e. The van der Waals surface area contributed by atoms with Crippen LogP contribution in [0.1, 0.15) is 30.4 Å². The summed E-state index contributed by atoms with van der Waals surface area (Å²) in [6.45, 7) is 2.99. The number of hydrogen-bond acceptors (Lipinski definition) is 5. The normalized spacial score (nSPS) is 12.8. The van der Waals surface area contributed by atoms with Gasteiger partial charge in [0.05, 0.1) is 18.1 Å². The second-order valence-electron chi connectivity index (χ2n) is 6.63. The zero-order valence-corrected chi connectivity index (χ0v) is 16.5. The molecule has 6 heteroatoms. The molecule has 0 aromatic heterocycles. The molecule has 0 saturated heterocycles. The molecule has 27 heavy (non-hydrogen) atoms. The highest BCUT2D eigenvalue weighted by Gasteiger charge is 2.18. The maximum Gasteiger partial charge on any atom is 0.296 e. The van der Waals surface area contributed by atoms with Gasteiger partial charge in [-0.15, -0.1) is 0 Å². The molecule has 0 fully saturated rings. The summed E-state index contributed by atoms with van der Waals surface area (Å²) in [5.74, 6) is -0.209. The highest BCUT2D eigenvalue weighted by Crippen LogP contribution is 2.16. The topological polar surface area (TPSA) is 72.8 Å². The van der Waals surface area contributed by atoms with Gasteiger partial charge in [-0.05, 0) is 37.5 Å². The fourth-order valence-electron chi connectivity index (χ4n) is 2.59. The van der Waals surface area contributed by atoms with E-state index in [1.165, 1.54) is 12.1 Å². The predicted molar refractivity (Wildman–Crippen MR) is 105 cm³/mol. The third-order valence-corrected chi connectivity index (χ3v) is 5.59. The minimum absolute atomic E-state index is 0.0163. The van der Waals surface area contributed by atoms with Gasteiger partial charge in [-0.2, -0.15) is 8.42 Å². The summed E-state index contributed by atoms with van der Waals surface area (Å²) in [6.07, 6.45) is 2.39. The summed E-state index contributed by atoms with van der Waals surface area (Å²) in [7, 11) is -3.79. The van der Waals surface area contributed by atoms with E-state index in [1.54, 1.807) is 12.1 Å². The molecule has 2 rings (SSSR count). The average molecular weight is 393 g/mol. The number of aliphatic hydroxyl groups is 1. The first-order valence-electron chi connectivity index (χ1n) is 9.20. The highest BCUT2D eigenvalue weighted by molar-refractivity contribution is 7.86. The molecule has 0 amide bonds. The summed E-state index contributed by atoms with van der Waals surface area (Å²) in [4.78, 5) is 0.138. The van der Waals surface area contributed by atoms with Crippen molar-refractivity contribution in [3.8, 4) is 0 Å². The Kier molecular flexibility index (Phi) is 8.94. The van der Waals surface area contributed by atoms with E-state index in [-0.39, 0.29) is 24.0 Å². The average Bonchev–Trinajstić information content (AvgIpc) is 2.68. The summed E-state index contributed by atoms with van der Waals surface area (Å²) < 4.78 is 35.1. The van der Waals surface area contributed by atoms with Gasteiger partial charge < -0.3 is 9.84 Å². The Labute approximate surface area is 162 Å². The molecule has 0 bridgehead atoms. The van der Waals surface area contributed by atoms with E-state index in [9.17, 15) is 13.5 Å². The molecule has 1 atom stereocenters. The van der Waals surface area contributed by atoms with Crippen LogP contribution in [0.4, 0.5) is 0 Å². The Morgan fingerprint density at radius 1 is 1.00 bits per heavy atom. The van der Waals surface area contributed by atoms with Gasteiger partial charge in [0.25, 0.3) is 10.1 Å². The number of ether oxygens (including phenoxy) is 1. The minimum atomic E-state index is -3.79. The second kappa shape index (κ2) is 11.2. The zero-order chi connectivity index (χ0) is 19.5. The van der Waals surface area contributed by atoms with E-state index >= 15 is 0 Å². The van der Waals surface area contributed by atoms with Crippen molar-refractivity contribution in [3.05, 3.63) is 65.7 Å². The van der Waals surface area contributed by atoms with Crippen molar-refractivity contribution in [2.24, 2.45) is 5.92 Å². The Bertz CT molecular complexity index is 757. The summed E-state index contributed by atoms with van der Waals surface area (Å²) in [5, 5.41) is 9.48. The van der Waals surface area contributed by atoms with Crippen LogP contribution in [-0.2, 0) is 25.6 Å². The molecule has 0 spiro atoms. The molecule has 1 N–H and O–H groups in total. The zero-order valence-electron chi connectivity index (χ0n) is 15.7. The summed E-state index contributed by atoms with van der Waals surface area (Å²) in [6, 6.07) is 16.5. The first kappa shape index (κ1) is 21.6. The van der Waals surface area contributed by atoms with E-state index in [4.69, 9.17) is 8.92 Å². The van der Waals surface area contributed by atoms with Crippen LogP contribution in [-0.4, -0.2) is 33.3 Å². The SMILES string of the molecule is Cc1ccc(S(=O)(=O)OCC(CO)CCCCOCc2ccccc2)cc1. The quantitative estimate of drug-likeness (QED) is 0.440. The van der Waals surface area contributed by atoms with Crippen LogP contribution in [0.3, 0.4) is 0 Å². The fourth-order valence-corrected chi connectivity index (χ4v) is 3.56. The van der Waals surface area contributed by atoms with Crippen molar-refractivity contribution in [2.45, 2.75) is 37.7 Å². The van der Waals surface area contributed by atoms with Crippen molar-refractivity contribution < 1.29 is 22.4 Å². The molecule has 0 radical (unpaired) electrons. The van der Waals surface area contributed by atoms with E-state index in [0.717, 1.165) is 24.0 Å². The summed E-state index contributed by atoms with van der Waals surface area (Å²) >= 11 is 0. The van der Waals surface area contributed by atoms with Gasteiger partial charge in [-0.25, -0.2) is 0 Å². The maximum atomic E-state index is 12.2. The number of rotatable bonds is 12. The first-order chi connectivity index (χ1) is 13.0. The molecule has 0 aliphatic rings. The number of hydrogen-bond donors (Lipinski definition) is 1. The molecular weight excluding hydrogens is 364 g/mol. The molecule has 2 aromatic carbocycles. The maximum absolute atomic E-state index is 12.2. The van der Waals surface area contributed by atoms with Crippen molar-refractivity contribution >= 4 is 10.1 Å². The van der Waals surface area contributed by atoms with Crippen LogP contribution in [0.15, 0.2) is 59.5 Å². The van der Waals surface area contributed by atoms with Gasteiger partial charge >= 0.3 is 0 Å². The van der Waals surface area contributed by atoms with Gasteiger partial charge in [0.15, 0.2) is 0 Å². The van der Waals surface area contributed by atoms with Crippen molar-refractivity contribution in [1.82, 2.24) is 0 Å². The Morgan fingerprint density at radius 3 is 2.37 bits per heavy atom. The molecule has 0 aliphatic heterocycles. The van der Waals surface area contributed by atoms with E-state index < -0.39 is 10.1 Å². The smallest absolute Gasteiger partial charge is 0.296 e. The van der Waals surface area contributed by atoms with Gasteiger partial charge in [0.1, 0.15) is 0 Å². The molecule has 1 unspecified atom stereocenters. The van der Waals surface area contributed by atoms with Crippen molar-refractivity contribution in [2.75, 3.05) is 19.8 Å². The van der Waals surface area contributed by atoms with E-state index in [0.29, 0.717) is 19.6 Å². The number of aliphatic hydroxyl groups excluding tert-OH is 1. The lowest BCUT2D eigenvalue weighted by atomic mass is 10.0. The van der Waals surface area contributed by atoms with E-state index in [1.807, 2.05) is 37.3 Å². The van der Waals surface area contributed by atoms with Crippen LogP contribution in [0.5, 0.6) is 0 Å². The van der Waals surface area contributed by atoms with Gasteiger partial charge in [-0.3, -0.25) is 4.18 Å². The molecule has 148 valence electrons. The lowest BCUT2D eigenvalue weighted by Crippen LogP contribution is -2.18. The van der Waals surface area contributed by atoms with Crippen molar-refractivity contribution in [3.63, 3.8) is 0 Å². The standard InChI is InChI=1S/C21H28O5S/c1-18-10-12-21(13-11-18)27(23,24)26-17-20(15-22)9-5-6-14-25-16-19-7-3-2-4-8-19/h2-4,7-8,10-13,20,22H,5-6,9,14-17H2,1H3. The second-order valence-corrected chi connectivity index (χ2v) is 8.25. The van der Waals surface area contributed by atoms with Crippen LogP contribution < -0.4 is 0 Å². The number of unbranched alkanes of at least 4 members (excludes halogenated alkanes) is 1. The third-order valence-electron chi connectivity index (χ3n) is 4.29. The molecule has 0 aliphatic carbocycles. The largest absolute Gasteiger partial charge is 0.396 e. The molecule has 2 aromatic rings. The van der Waals surface area contributed by atoms with Gasteiger partial charge in [-0.1, -0.05) is 54.4 Å². The van der Waals surface area contributed by atoms with Crippen LogP contribution >= 0.6 is 0 Å². The van der Waals surface area contributed by atoms with E-state index in [2.05, 4.69) is 0 Å². The predicted octanol–water partition coefficient (Wildman–Crippen LogP) is 3.70. The molecule has 0 saturated carbocycles. The Balaban J connectivity index is 1.65. The highest BCUT2D eigenvalue weighted by atomic mass is 32.2. The van der Waals surface area contributed by atoms with Crippen LogP contribution in [0, 0.1) is 12.8 Å². The monoisotopic (exact) mass is 392 g/mol. The van der Waals surface area contributed by atoms with Crippen LogP contribution in [0.2, 0.25) is 0 Å². The van der Waals surface area contributed by atoms with Crippen LogP contribution in [0.25, 0.3) is 0 Å². The Hall–Kier alpha value is -1.73. The Morgan fingerprint density at radius 2 is 1.70 bits per heavy atom. The number of aryl methyl sites for hydroxylation is 1. The first-order valence-corrected chi connectivity index (χ1v) is 10.6. The molecule has 5 nitrogen and oxygen atoms in total. The lowest BCUT2D eigenvalue weighted by molar-refractivity contribution is 0.111.